The lowest BCUT2D eigenvalue weighted by Gasteiger charge is -2.44. The molecule has 0 aromatic carbocycles. The van der Waals surface area contributed by atoms with Crippen molar-refractivity contribution in [1.29, 1.82) is 0 Å². The van der Waals surface area contributed by atoms with Crippen molar-refractivity contribution in [2.45, 2.75) is 44.2 Å². The van der Waals surface area contributed by atoms with Crippen LogP contribution in [0.5, 0.6) is 0 Å². The molecule has 2 unspecified atom stereocenters. The summed E-state index contributed by atoms with van der Waals surface area (Å²) in [6.07, 6.45) is 4.85. The van der Waals surface area contributed by atoms with Crippen molar-refractivity contribution in [2.24, 2.45) is 11.7 Å². The summed E-state index contributed by atoms with van der Waals surface area (Å²) in [6, 6.07) is 0.371. The van der Waals surface area contributed by atoms with Crippen molar-refractivity contribution >= 4 is 23.5 Å². The predicted molar refractivity (Wildman–Crippen MR) is 78.9 cm³/mol. The van der Waals surface area contributed by atoms with Crippen LogP contribution in [-0.4, -0.2) is 41.3 Å². The van der Waals surface area contributed by atoms with Crippen LogP contribution in [0.4, 0.5) is 0 Å². The Morgan fingerprint density at radius 1 is 1.47 bits per heavy atom. The summed E-state index contributed by atoms with van der Waals surface area (Å²) in [5.74, 6) is 5.52. The Labute approximate surface area is 114 Å². The average molecular weight is 275 g/mol. The van der Waals surface area contributed by atoms with E-state index in [0.717, 1.165) is 12.4 Å². The first kappa shape index (κ1) is 14.0. The van der Waals surface area contributed by atoms with Crippen molar-refractivity contribution in [3.05, 3.63) is 0 Å². The highest BCUT2D eigenvalue weighted by molar-refractivity contribution is 7.99. The van der Waals surface area contributed by atoms with Crippen LogP contribution in [0.3, 0.4) is 0 Å². The molecule has 2 fully saturated rings. The molecule has 0 aromatic heterocycles. The molecule has 2 aliphatic rings. The molecular formula is C13H25NOS2. The summed E-state index contributed by atoms with van der Waals surface area (Å²) < 4.78 is 6.12. The molecule has 2 atom stereocenters. The Morgan fingerprint density at radius 2 is 2.24 bits per heavy atom. The fourth-order valence-corrected chi connectivity index (χ4v) is 4.93. The van der Waals surface area contributed by atoms with Crippen LogP contribution in [0, 0.1) is 5.92 Å². The predicted octanol–water partition coefficient (Wildman–Crippen LogP) is 2.76. The highest BCUT2D eigenvalue weighted by atomic mass is 32.2. The number of hydrogen-bond donors (Lipinski definition) is 1. The van der Waals surface area contributed by atoms with Gasteiger partial charge in [0.25, 0.3) is 0 Å². The first-order chi connectivity index (χ1) is 8.26. The third kappa shape index (κ3) is 3.79. The summed E-state index contributed by atoms with van der Waals surface area (Å²) in [5, 5.41) is 0. The first-order valence-electron chi connectivity index (χ1n) is 6.81. The molecule has 0 aliphatic carbocycles. The molecule has 2 saturated heterocycles. The third-order valence-electron chi connectivity index (χ3n) is 4.06. The zero-order valence-corrected chi connectivity index (χ0v) is 12.5. The van der Waals surface area contributed by atoms with Crippen molar-refractivity contribution in [2.75, 3.05) is 29.6 Å². The van der Waals surface area contributed by atoms with Crippen molar-refractivity contribution in [3.63, 3.8) is 0 Å². The maximum Gasteiger partial charge on any atom is 0.0701 e. The minimum atomic E-state index is 0.197. The molecule has 1 spiro atoms. The van der Waals surface area contributed by atoms with Gasteiger partial charge in [-0.15, -0.1) is 0 Å². The maximum absolute atomic E-state index is 6.34. The smallest absolute Gasteiger partial charge is 0.0701 e. The largest absolute Gasteiger partial charge is 0.375 e. The summed E-state index contributed by atoms with van der Waals surface area (Å²) in [4.78, 5) is 0. The van der Waals surface area contributed by atoms with E-state index < -0.39 is 0 Å². The van der Waals surface area contributed by atoms with E-state index in [2.05, 4.69) is 18.7 Å². The summed E-state index contributed by atoms with van der Waals surface area (Å²) in [5.41, 5.74) is 6.54. The Balaban J connectivity index is 1.87. The molecule has 2 aliphatic heterocycles. The SMILES string of the molecule is CCSCC(N)C1CCOC2(CCSCC2)C1. The lowest BCUT2D eigenvalue weighted by molar-refractivity contribution is -0.104. The summed E-state index contributed by atoms with van der Waals surface area (Å²) >= 11 is 4.05. The van der Waals surface area contributed by atoms with Crippen LogP contribution in [0.25, 0.3) is 0 Å². The number of ether oxygens (including phenoxy) is 1. The van der Waals surface area contributed by atoms with E-state index in [-0.39, 0.29) is 5.60 Å². The van der Waals surface area contributed by atoms with Gasteiger partial charge in [0.15, 0.2) is 0 Å². The monoisotopic (exact) mass is 275 g/mol. The zero-order valence-electron chi connectivity index (χ0n) is 10.8. The van der Waals surface area contributed by atoms with Crippen LogP contribution >= 0.6 is 23.5 Å². The van der Waals surface area contributed by atoms with Crippen molar-refractivity contribution < 1.29 is 4.74 Å². The highest BCUT2D eigenvalue weighted by Gasteiger charge is 2.40. The number of hydrogen-bond acceptors (Lipinski definition) is 4. The normalized spacial score (nSPS) is 30.4. The topological polar surface area (TPSA) is 35.2 Å². The van der Waals surface area contributed by atoms with E-state index >= 15 is 0 Å². The molecule has 0 saturated carbocycles. The number of nitrogens with two attached hydrogens (primary N) is 1. The van der Waals surface area contributed by atoms with E-state index in [1.807, 2.05) is 11.8 Å². The Morgan fingerprint density at radius 3 is 2.94 bits per heavy atom. The fraction of sp³-hybridized carbons (Fsp3) is 1.00. The molecule has 0 amide bonds. The maximum atomic E-state index is 6.34. The zero-order chi connectivity index (χ0) is 12.1. The average Bonchev–Trinajstić information content (AvgIpc) is 2.37. The van der Waals surface area contributed by atoms with E-state index in [9.17, 15) is 0 Å². The van der Waals surface area contributed by atoms with E-state index in [4.69, 9.17) is 10.5 Å². The molecule has 2 nitrogen and oxygen atoms in total. The second-order valence-corrected chi connectivity index (χ2v) is 7.76. The summed E-state index contributed by atoms with van der Waals surface area (Å²) in [7, 11) is 0. The fourth-order valence-electron chi connectivity index (χ4n) is 2.91. The third-order valence-corrected chi connectivity index (χ3v) is 6.07. The Kier molecular flexibility index (Phi) is 5.52. The van der Waals surface area contributed by atoms with Gasteiger partial charge in [-0.1, -0.05) is 6.92 Å². The van der Waals surface area contributed by atoms with Crippen LogP contribution in [0.2, 0.25) is 0 Å². The molecule has 0 bridgehead atoms. The lowest BCUT2D eigenvalue weighted by atomic mass is 9.79. The second kappa shape index (κ2) is 6.69. The molecule has 0 radical (unpaired) electrons. The van der Waals surface area contributed by atoms with Crippen molar-refractivity contribution in [3.8, 4) is 0 Å². The van der Waals surface area contributed by atoms with Crippen LogP contribution in [0.15, 0.2) is 0 Å². The first-order valence-corrected chi connectivity index (χ1v) is 9.12. The molecule has 0 aromatic rings. The molecule has 17 heavy (non-hydrogen) atoms. The number of thioether (sulfide) groups is 2. The van der Waals surface area contributed by atoms with E-state index in [1.165, 1.54) is 42.9 Å². The quantitative estimate of drug-likeness (QED) is 0.856. The van der Waals surface area contributed by atoms with Gasteiger partial charge >= 0.3 is 0 Å². The van der Waals surface area contributed by atoms with Gasteiger partial charge in [-0.2, -0.15) is 23.5 Å². The standard InChI is InChI=1S/C13H25NOS2/c1-2-16-10-12(14)11-3-6-15-13(9-11)4-7-17-8-5-13/h11-12H,2-10,14H2,1H3. The lowest BCUT2D eigenvalue weighted by Crippen LogP contribution is -2.47. The summed E-state index contributed by atoms with van der Waals surface area (Å²) in [6.45, 7) is 3.14. The van der Waals surface area contributed by atoms with Crippen LogP contribution in [-0.2, 0) is 4.74 Å². The van der Waals surface area contributed by atoms with Gasteiger partial charge in [-0.25, -0.2) is 0 Å². The number of rotatable bonds is 4. The van der Waals surface area contributed by atoms with Gasteiger partial charge in [0.2, 0.25) is 0 Å². The molecular weight excluding hydrogens is 250 g/mol. The molecule has 2 rings (SSSR count). The molecule has 4 heteroatoms. The van der Waals surface area contributed by atoms with Crippen molar-refractivity contribution in [1.82, 2.24) is 0 Å². The molecule has 2 N–H and O–H groups in total. The Hall–Kier alpha value is 0.620. The van der Waals surface area contributed by atoms with Gasteiger partial charge < -0.3 is 10.5 Å². The minimum absolute atomic E-state index is 0.197. The van der Waals surface area contributed by atoms with Gasteiger partial charge in [0, 0.05) is 18.4 Å². The van der Waals surface area contributed by atoms with Crippen LogP contribution in [0.1, 0.15) is 32.6 Å². The Bertz CT molecular complexity index is 226. The second-order valence-electron chi connectivity index (χ2n) is 5.22. The highest BCUT2D eigenvalue weighted by Crippen LogP contribution is 2.40. The van der Waals surface area contributed by atoms with Gasteiger partial charge in [0.05, 0.1) is 5.60 Å². The van der Waals surface area contributed by atoms with Gasteiger partial charge in [-0.3, -0.25) is 0 Å². The van der Waals surface area contributed by atoms with Gasteiger partial charge in [-0.05, 0) is 48.9 Å². The minimum Gasteiger partial charge on any atom is -0.375 e. The molecule has 2 heterocycles. The van der Waals surface area contributed by atoms with Crippen LogP contribution < -0.4 is 5.73 Å². The van der Waals surface area contributed by atoms with E-state index in [1.54, 1.807) is 0 Å². The van der Waals surface area contributed by atoms with Gasteiger partial charge in [0.1, 0.15) is 0 Å². The molecule has 100 valence electrons. The van der Waals surface area contributed by atoms with E-state index in [0.29, 0.717) is 12.0 Å².